The molecule has 1 aliphatic carbocycles. The molecule has 4 heteroatoms. The minimum atomic E-state index is -4.21. The Labute approximate surface area is 99.0 Å². The predicted molar refractivity (Wildman–Crippen MR) is 60.5 cm³/mol. The highest BCUT2D eigenvalue weighted by atomic mass is 19.4. The molecule has 0 amide bonds. The van der Waals surface area contributed by atoms with Crippen molar-refractivity contribution in [3.05, 3.63) is 35.9 Å². The summed E-state index contributed by atoms with van der Waals surface area (Å²) >= 11 is 0. The van der Waals surface area contributed by atoms with Gasteiger partial charge in [0.2, 0.25) is 0 Å². The number of alkyl halides is 3. The summed E-state index contributed by atoms with van der Waals surface area (Å²) in [6.45, 7) is 4.95. The second kappa shape index (κ2) is 4.69. The van der Waals surface area contributed by atoms with Gasteiger partial charge in [0, 0.05) is 0 Å². The number of halogens is 3. The Bertz CT molecular complexity index is 351. The zero-order chi connectivity index (χ0) is 12.5. The van der Waals surface area contributed by atoms with Crippen molar-refractivity contribution in [2.75, 3.05) is 13.1 Å². The molecule has 0 aromatic heterocycles. The van der Waals surface area contributed by atoms with Gasteiger partial charge < -0.3 is 5.32 Å². The van der Waals surface area contributed by atoms with Crippen molar-refractivity contribution in [1.29, 1.82) is 0 Å². The Morgan fingerprint density at radius 2 is 1.59 bits per heavy atom. The number of nitrogens with one attached hydrogen (secondary N) is 1. The molecule has 2 atom stereocenters. The second-order valence-corrected chi connectivity index (χ2v) is 4.71. The molecule has 17 heavy (non-hydrogen) atoms. The van der Waals surface area contributed by atoms with E-state index in [1.807, 2.05) is 0 Å². The maximum atomic E-state index is 11.8. The van der Waals surface area contributed by atoms with Gasteiger partial charge in [0.1, 0.15) is 0 Å². The lowest BCUT2D eigenvalue weighted by Gasteiger charge is -2.03. The first kappa shape index (κ1) is 12.4. The highest BCUT2D eigenvalue weighted by Gasteiger charge is 2.49. The molecule has 3 rings (SSSR count). The van der Waals surface area contributed by atoms with Crippen molar-refractivity contribution in [3.63, 3.8) is 0 Å². The van der Waals surface area contributed by atoms with Crippen LogP contribution < -0.4 is 5.32 Å². The molecule has 1 aromatic rings. The van der Waals surface area contributed by atoms with E-state index in [-0.39, 0.29) is 0 Å². The van der Waals surface area contributed by atoms with Crippen LogP contribution in [0.25, 0.3) is 0 Å². The highest BCUT2D eigenvalue weighted by molar-refractivity contribution is 5.17. The van der Waals surface area contributed by atoms with E-state index in [4.69, 9.17) is 0 Å². The molecule has 1 saturated heterocycles. The van der Waals surface area contributed by atoms with Crippen molar-refractivity contribution in [1.82, 2.24) is 5.32 Å². The summed E-state index contributed by atoms with van der Waals surface area (Å²) in [5.74, 6) is 3.20. The SMILES string of the molecule is CC1C2CNCC12.FC(F)(F)c1ccccc1. The van der Waals surface area contributed by atoms with Crippen LogP contribution in [0.4, 0.5) is 13.2 Å². The molecule has 2 fully saturated rings. The molecule has 0 bridgehead atoms. The van der Waals surface area contributed by atoms with Crippen LogP contribution in [0.1, 0.15) is 12.5 Å². The molecular formula is C13H16F3N. The van der Waals surface area contributed by atoms with Gasteiger partial charge in [-0.3, -0.25) is 0 Å². The summed E-state index contributed by atoms with van der Waals surface area (Å²) in [4.78, 5) is 0. The van der Waals surface area contributed by atoms with Crippen LogP contribution in [0.15, 0.2) is 30.3 Å². The van der Waals surface area contributed by atoms with Crippen molar-refractivity contribution in [2.24, 2.45) is 17.8 Å². The molecule has 0 radical (unpaired) electrons. The molecule has 1 heterocycles. The summed E-state index contributed by atoms with van der Waals surface area (Å²) in [6.07, 6.45) is -4.21. The third kappa shape index (κ3) is 3.00. The normalized spacial score (nSPS) is 30.2. The Balaban J connectivity index is 0.000000134. The van der Waals surface area contributed by atoms with E-state index in [9.17, 15) is 13.2 Å². The first-order chi connectivity index (χ1) is 8.00. The number of hydrogen-bond acceptors (Lipinski definition) is 1. The summed E-state index contributed by atoms with van der Waals surface area (Å²) in [6, 6.07) is 6.36. The van der Waals surface area contributed by atoms with Gasteiger partial charge in [0.15, 0.2) is 0 Å². The van der Waals surface area contributed by atoms with E-state index in [2.05, 4.69) is 12.2 Å². The van der Waals surface area contributed by atoms with Crippen LogP contribution in [0.5, 0.6) is 0 Å². The van der Waals surface area contributed by atoms with E-state index in [0.29, 0.717) is 0 Å². The van der Waals surface area contributed by atoms with Gasteiger partial charge in [-0.2, -0.15) is 13.2 Å². The zero-order valence-electron chi connectivity index (χ0n) is 9.67. The van der Waals surface area contributed by atoms with Gasteiger partial charge in [-0.25, -0.2) is 0 Å². The van der Waals surface area contributed by atoms with Crippen LogP contribution in [-0.4, -0.2) is 13.1 Å². The average Bonchev–Trinajstić information content (AvgIpc) is 2.75. The summed E-state index contributed by atoms with van der Waals surface area (Å²) in [5, 5.41) is 3.35. The smallest absolute Gasteiger partial charge is 0.316 e. The van der Waals surface area contributed by atoms with Crippen molar-refractivity contribution >= 4 is 0 Å². The number of rotatable bonds is 0. The lowest BCUT2D eigenvalue weighted by molar-refractivity contribution is -0.137. The Hall–Kier alpha value is -1.03. The molecule has 1 nitrogen and oxygen atoms in total. The van der Waals surface area contributed by atoms with Crippen molar-refractivity contribution < 1.29 is 13.2 Å². The van der Waals surface area contributed by atoms with Gasteiger partial charge >= 0.3 is 6.18 Å². The van der Waals surface area contributed by atoms with Crippen LogP contribution in [0, 0.1) is 17.8 Å². The number of piperidine rings is 1. The van der Waals surface area contributed by atoms with Gasteiger partial charge in [-0.05, 0) is 30.8 Å². The van der Waals surface area contributed by atoms with E-state index >= 15 is 0 Å². The molecule has 94 valence electrons. The van der Waals surface area contributed by atoms with Crippen LogP contribution in [0.3, 0.4) is 0 Å². The van der Waals surface area contributed by atoms with Crippen LogP contribution in [0.2, 0.25) is 0 Å². The third-order valence-electron chi connectivity index (χ3n) is 3.62. The molecule has 1 saturated carbocycles. The fourth-order valence-electron chi connectivity index (χ4n) is 2.35. The fourth-order valence-corrected chi connectivity index (χ4v) is 2.35. The minimum Gasteiger partial charge on any atom is -0.316 e. The van der Waals surface area contributed by atoms with E-state index in [0.717, 1.165) is 29.9 Å². The Kier molecular flexibility index (Phi) is 3.43. The largest absolute Gasteiger partial charge is 0.416 e. The lowest BCUT2D eigenvalue weighted by Crippen LogP contribution is -2.13. The van der Waals surface area contributed by atoms with E-state index < -0.39 is 11.7 Å². The average molecular weight is 243 g/mol. The number of benzene rings is 1. The molecule has 1 aliphatic heterocycles. The Morgan fingerprint density at radius 1 is 1.06 bits per heavy atom. The van der Waals surface area contributed by atoms with Gasteiger partial charge in [0.05, 0.1) is 5.56 Å². The predicted octanol–water partition coefficient (Wildman–Crippen LogP) is 3.18. The van der Waals surface area contributed by atoms with Crippen molar-refractivity contribution in [3.8, 4) is 0 Å². The maximum Gasteiger partial charge on any atom is 0.416 e. The molecular weight excluding hydrogens is 227 g/mol. The summed E-state index contributed by atoms with van der Waals surface area (Å²) in [7, 11) is 0. The topological polar surface area (TPSA) is 12.0 Å². The second-order valence-electron chi connectivity index (χ2n) is 4.71. The van der Waals surface area contributed by atoms with Gasteiger partial charge in [0.25, 0.3) is 0 Å². The molecule has 1 N–H and O–H groups in total. The lowest BCUT2D eigenvalue weighted by atomic mass is 10.2. The maximum absolute atomic E-state index is 11.8. The minimum absolute atomic E-state index is 0.602. The van der Waals surface area contributed by atoms with Gasteiger partial charge in [-0.15, -0.1) is 0 Å². The standard InChI is InChI=1S/C7H5F3.C6H11N/c8-7(9,10)6-4-2-1-3-5-6;1-4-5-2-7-3-6(4)5/h1-5H;4-7H,2-3H2,1H3. The monoisotopic (exact) mass is 243 g/mol. The van der Waals surface area contributed by atoms with E-state index in [1.54, 1.807) is 6.07 Å². The number of fused-ring (bicyclic) bond motifs is 1. The molecule has 2 aliphatic rings. The summed E-state index contributed by atoms with van der Waals surface area (Å²) < 4.78 is 35.4. The fraction of sp³-hybridized carbons (Fsp3) is 0.538. The summed E-state index contributed by atoms with van der Waals surface area (Å²) in [5.41, 5.74) is -0.602. The first-order valence-electron chi connectivity index (χ1n) is 5.83. The molecule has 0 spiro atoms. The van der Waals surface area contributed by atoms with Gasteiger partial charge in [-0.1, -0.05) is 37.3 Å². The highest BCUT2D eigenvalue weighted by Crippen LogP contribution is 2.47. The van der Waals surface area contributed by atoms with Crippen LogP contribution in [-0.2, 0) is 6.18 Å². The molecule has 2 unspecified atom stereocenters. The number of hydrogen-bond donors (Lipinski definition) is 1. The van der Waals surface area contributed by atoms with Crippen molar-refractivity contribution in [2.45, 2.75) is 13.1 Å². The zero-order valence-corrected chi connectivity index (χ0v) is 9.67. The molecule has 1 aromatic carbocycles. The first-order valence-corrected chi connectivity index (χ1v) is 5.83. The van der Waals surface area contributed by atoms with E-state index in [1.165, 1.54) is 25.2 Å². The quantitative estimate of drug-likeness (QED) is 0.738. The Morgan fingerprint density at radius 3 is 1.88 bits per heavy atom. The third-order valence-corrected chi connectivity index (χ3v) is 3.62. The van der Waals surface area contributed by atoms with Crippen LogP contribution >= 0.6 is 0 Å².